The lowest BCUT2D eigenvalue weighted by Crippen LogP contribution is -2.44. The minimum absolute atomic E-state index is 0.00853. The fraction of sp³-hybridized carbons (Fsp3) is 0.867. The Hall–Kier alpha value is -1.06. The van der Waals surface area contributed by atoms with Crippen LogP contribution < -0.4 is 0 Å². The first kappa shape index (κ1) is 16.0. The number of ether oxygens (including phenoxy) is 2. The Balaban J connectivity index is 2.02. The summed E-state index contributed by atoms with van der Waals surface area (Å²) in [5.41, 5.74) is 0. The molecule has 0 amide bonds. The van der Waals surface area contributed by atoms with Crippen molar-refractivity contribution in [2.45, 2.75) is 70.8 Å². The Morgan fingerprint density at radius 2 is 1.84 bits per heavy atom. The summed E-state index contributed by atoms with van der Waals surface area (Å²) in [7, 11) is 0. The van der Waals surface area contributed by atoms with Crippen molar-refractivity contribution in [1.82, 2.24) is 0 Å². The molecule has 1 rings (SSSR count). The van der Waals surface area contributed by atoms with Crippen LogP contribution in [0.1, 0.15) is 64.7 Å². The number of carbonyl (C=O) groups is 2. The molecular formula is C15H26O4. The quantitative estimate of drug-likeness (QED) is 0.310. The van der Waals surface area contributed by atoms with E-state index in [1.807, 2.05) is 0 Å². The molecule has 2 atom stereocenters. The number of hydrogen-bond donors (Lipinski definition) is 0. The maximum absolute atomic E-state index is 11.4. The molecule has 0 spiro atoms. The van der Waals surface area contributed by atoms with Crippen LogP contribution in [0.2, 0.25) is 0 Å². The predicted octanol–water partition coefficient (Wildman–Crippen LogP) is 3.23. The summed E-state index contributed by atoms with van der Waals surface area (Å²) < 4.78 is 9.84. The van der Waals surface area contributed by atoms with Gasteiger partial charge in [-0.15, -0.1) is 0 Å². The lowest BCUT2D eigenvalue weighted by Gasteiger charge is -2.35. The van der Waals surface area contributed by atoms with Gasteiger partial charge < -0.3 is 9.47 Å². The van der Waals surface area contributed by atoms with E-state index in [1.165, 1.54) is 19.3 Å². The lowest BCUT2D eigenvalue weighted by atomic mass is 9.87. The first-order valence-corrected chi connectivity index (χ1v) is 7.55. The van der Waals surface area contributed by atoms with Crippen molar-refractivity contribution in [2.24, 2.45) is 5.92 Å². The van der Waals surface area contributed by atoms with Crippen LogP contribution in [0.15, 0.2) is 0 Å². The van der Waals surface area contributed by atoms with E-state index in [2.05, 4.69) is 11.7 Å². The van der Waals surface area contributed by atoms with Crippen LogP contribution in [-0.2, 0) is 19.1 Å². The van der Waals surface area contributed by atoms with E-state index in [1.54, 1.807) is 0 Å². The summed E-state index contributed by atoms with van der Waals surface area (Å²) >= 11 is 0. The van der Waals surface area contributed by atoms with Crippen LogP contribution in [0.5, 0.6) is 0 Å². The van der Waals surface area contributed by atoms with Gasteiger partial charge >= 0.3 is 5.97 Å². The average Bonchev–Trinajstić information content (AvgIpc) is 2.41. The topological polar surface area (TPSA) is 52.6 Å². The first-order valence-electron chi connectivity index (χ1n) is 7.55. The summed E-state index contributed by atoms with van der Waals surface area (Å²) in [5, 5.41) is 0. The Morgan fingerprint density at radius 3 is 2.53 bits per heavy atom. The van der Waals surface area contributed by atoms with Gasteiger partial charge in [-0.25, -0.2) is 0 Å². The lowest BCUT2D eigenvalue weighted by molar-refractivity contribution is -0.186. The van der Waals surface area contributed by atoms with Gasteiger partial charge in [-0.05, 0) is 32.1 Å². The van der Waals surface area contributed by atoms with Gasteiger partial charge in [-0.3, -0.25) is 9.59 Å². The van der Waals surface area contributed by atoms with Crippen LogP contribution >= 0.6 is 0 Å². The van der Waals surface area contributed by atoms with Crippen LogP contribution in [0.3, 0.4) is 0 Å². The molecule has 19 heavy (non-hydrogen) atoms. The van der Waals surface area contributed by atoms with E-state index < -0.39 is 0 Å². The fourth-order valence-electron chi connectivity index (χ4n) is 2.51. The van der Waals surface area contributed by atoms with E-state index in [9.17, 15) is 9.59 Å². The van der Waals surface area contributed by atoms with Crippen molar-refractivity contribution in [3.8, 4) is 0 Å². The zero-order chi connectivity index (χ0) is 13.9. The fourth-order valence-corrected chi connectivity index (χ4v) is 2.51. The molecule has 4 heteroatoms. The number of rotatable bonds is 12. The molecular weight excluding hydrogens is 244 g/mol. The molecule has 4 nitrogen and oxygen atoms in total. The molecule has 0 aromatic carbocycles. The Labute approximate surface area is 115 Å². The average molecular weight is 270 g/mol. The van der Waals surface area contributed by atoms with Gasteiger partial charge in [0.15, 0.2) is 0 Å². The third-order valence-electron chi connectivity index (χ3n) is 3.71. The molecule has 0 aliphatic carbocycles. The van der Waals surface area contributed by atoms with Crippen molar-refractivity contribution in [2.75, 3.05) is 6.61 Å². The first-order chi connectivity index (χ1) is 9.29. The van der Waals surface area contributed by atoms with Crippen molar-refractivity contribution in [1.29, 1.82) is 0 Å². The zero-order valence-corrected chi connectivity index (χ0v) is 11.9. The second-order valence-electron chi connectivity index (χ2n) is 5.25. The molecule has 0 aromatic rings. The maximum Gasteiger partial charge on any atom is 0.313 e. The van der Waals surface area contributed by atoms with Crippen molar-refractivity contribution < 1.29 is 19.1 Å². The molecule has 0 bridgehead atoms. The minimum atomic E-state index is -0.00853. The van der Waals surface area contributed by atoms with Crippen molar-refractivity contribution in [3.05, 3.63) is 0 Å². The van der Waals surface area contributed by atoms with Gasteiger partial charge in [0, 0.05) is 0 Å². The summed E-state index contributed by atoms with van der Waals surface area (Å²) in [5.74, 6) is 0.133. The van der Waals surface area contributed by atoms with Crippen molar-refractivity contribution in [3.63, 3.8) is 0 Å². The summed E-state index contributed by atoms with van der Waals surface area (Å²) in [6, 6.07) is 0. The van der Waals surface area contributed by atoms with Gasteiger partial charge in [0.25, 0.3) is 6.47 Å². The predicted molar refractivity (Wildman–Crippen MR) is 72.6 cm³/mol. The molecule has 1 fully saturated rings. The summed E-state index contributed by atoms with van der Waals surface area (Å²) in [6.07, 6.45) is 9.85. The molecule has 0 N–H and O–H groups in total. The van der Waals surface area contributed by atoms with E-state index in [0.717, 1.165) is 38.5 Å². The molecule has 1 aliphatic rings. The highest BCUT2D eigenvalue weighted by Crippen LogP contribution is 2.31. The SMILES string of the molecule is CCCCCCC1C(=O)OC1CCCCCOC=O. The number of esters is 1. The molecule has 2 unspecified atom stereocenters. The van der Waals surface area contributed by atoms with E-state index >= 15 is 0 Å². The third kappa shape index (κ3) is 6.08. The van der Waals surface area contributed by atoms with Gasteiger partial charge in [0.2, 0.25) is 0 Å². The number of unbranched alkanes of at least 4 members (excludes halogenated alkanes) is 5. The van der Waals surface area contributed by atoms with Crippen molar-refractivity contribution >= 4 is 12.4 Å². The van der Waals surface area contributed by atoms with E-state index in [4.69, 9.17) is 4.74 Å². The standard InChI is InChI=1S/C15H26O4/c1-2-3-4-6-9-13-14(19-15(13)17)10-7-5-8-11-18-12-16/h12-14H,2-11H2,1H3. The second-order valence-corrected chi connectivity index (χ2v) is 5.25. The molecule has 110 valence electrons. The van der Waals surface area contributed by atoms with E-state index in [0.29, 0.717) is 13.1 Å². The zero-order valence-electron chi connectivity index (χ0n) is 11.9. The second kappa shape index (κ2) is 9.82. The minimum Gasteiger partial charge on any atom is -0.468 e. The smallest absolute Gasteiger partial charge is 0.313 e. The highest BCUT2D eigenvalue weighted by Gasteiger charge is 2.40. The van der Waals surface area contributed by atoms with E-state index in [-0.39, 0.29) is 18.0 Å². The monoisotopic (exact) mass is 270 g/mol. The Morgan fingerprint density at radius 1 is 1.11 bits per heavy atom. The molecule has 1 saturated heterocycles. The number of cyclic esters (lactones) is 1. The third-order valence-corrected chi connectivity index (χ3v) is 3.71. The van der Waals surface area contributed by atoms with Crippen LogP contribution in [0, 0.1) is 5.92 Å². The van der Waals surface area contributed by atoms with Gasteiger partial charge in [0.1, 0.15) is 6.10 Å². The summed E-state index contributed by atoms with van der Waals surface area (Å²) in [6.45, 7) is 3.17. The van der Waals surface area contributed by atoms with Gasteiger partial charge in [-0.1, -0.05) is 32.6 Å². The maximum atomic E-state index is 11.4. The molecule has 1 aliphatic heterocycles. The summed E-state index contributed by atoms with van der Waals surface area (Å²) in [4.78, 5) is 21.3. The van der Waals surface area contributed by atoms with Gasteiger partial charge in [-0.2, -0.15) is 0 Å². The Kier molecular flexibility index (Phi) is 8.26. The largest absolute Gasteiger partial charge is 0.468 e. The molecule has 0 saturated carbocycles. The highest BCUT2D eigenvalue weighted by molar-refractivity contribution is 5.78. The number of hydrogen-bond acceptors (Lipinski definition) is 4. The van der Waals surface area contributed by atoms with Gasteiger partial charge in [0.05, 0.1) is 12.5 Å². The Bertz CT molecular complexity index is 265. The molecule has 0 radical (unpaired) electrons. The molecule has 0 aromatic heterocycles. The number of carbonyl (C=O) groups excluding carboxylic acids is 2. The molecule has 1 heterocycles. The van der Waals surface area contributed by atoms with Crippen LogP contribution in [0.4, 0.5) is 0 Å². The normalized spacial score (nSPS) is 21.6. The van der Waals surface area contributed by atoms with Crippen LogP contribution in [0.25, 0.3) is 0 Å². The van der Waals surface area contributed by atoms with Crippen LogP contribution in [-0.4, -0.2) is 25.2 Å². The highest BCUT2D eigenvalue weighted by atomic mass is 16.6.